The number of methoxy groups -OCH3 is 1. The minimum atomic E-state index is -0.783. The van der Waals surface area contributed by atoms with Crippen molar-refractivity contribution in [2.45, 2.75) is 17.7 Å². The van der Waals surface area contributed by atoms with Gasteiger partial charge in [-0.25, -0.2) is 0 Å². The van der Waals surface area contributed by atoms with Crippen LogP contribution in [0.15, 0.2) is 12.7 Å². The van der Waals surface area contributed by atoms with E-state index in [2.05, 4.69) is 27.2 Å². The van der Waals surface area contributed by atoms with E-state index in [9.17, 15) is 9.59 Å². The van der Waals surface area contributed by atoms with E-state index in [1.807, 2.05) is 0 Å². The Morgan fingerprint density at radius 2 is 2.15 bits per heavy atom. The van der Waals surface area contributed by atoms with Crippen molar-refractivity contribution in [3.05, 3.63) is 12.7 Å². The summed E-state index contributed by atoms with van der Waals surface area (Å²) in [6, 6.07) is 0. The van der Waals surface area contributed by atoms with Gasteiger partial charge in [-0.3, -0.25) is 9.59 Å². The number of esters is 1. The van der Waals surface area contributed by atoms with Crippen LogP contribution in [0.5, 0.6) is 0 Å². The lowest BCUT2D eigenvalue weighted by atomic mass is 10.0. The molecule has 1 fully saturated rings. The van der Waals surface area contributed by atoms with Gasteiger partial charge in [0, 0.05) is 0 Å². The maximum atomic E-state index is 11.4. The van der Waals surface area contributed by atoms with Gasteiger partial charge in [-0.15, -0.1) is 0 Å². The Hall–Kier alpha value is -0.640. The summed E-state index contributed by atoms with van der Waals surface area (Å²) in [6.45, 7) is 5.09. The molecule has 2 unspecified atom stereocenters. The second kappa shape index (κ2) is 2.94. The molecule has 0 radical (unpaired) electrons. The summed E-state index contributed by atoms with van der Waals surface area (Å²) in [5.74, 6) is -0.528. The SMILES string of the molecule is C=CC(=O)C1(Br)CC1(C)C(=O)OC. The quantitative estimate of drug-likeness (QED) is 0.430. The van der Waals surface area contributed by atoms with Crippen molar-refractivity contribution in [1.29, 1.82) is 0 Å². The molecule has 0 saturated heterocycles. The number of ether oxygens (including phenoxy) is 1. The molecule has 0 aliphatic heterocycles. The highest BCUT2D eigenvalue weighted by atomic mass is 79.9. The standard InChI is InChI=1S/C9H11BrO3/c1-4-6(11)9(10)5-8(9,2)7(12)13-3/h4H,1,5H2,2-3H3. The average Bonchev–Trinajstić information content (AvgIpc) is 2.69. The summed E-state index contributed by atoms with van der Waals surface area (Å²) in [7, 11) is 1.32. The van der Waals surface area contributed by atoms with Gasteiger partial charge in [0.1, 0.15) is 4.32 Å². The number of allylic oxidation sites excluding steroid dienone is 1. The predicted molar refractivity (Wildman–Crippen MR) is 51.6 cm³/mol. The van der Waals surface area contributed by atoms with Crippen molar-refractivity contribution >= 4 is 27.7 Å². The third kappa shape index (κ3) is 1.24. The number of carbonyl (C=O) groups is 2. The Morgan fingerprint density at radius 3 is 2.54 bits per heavy atom. The molecule has 3 nitrogen and oxygen atoms in total. The first-order valence-corrected chi connectivity index (χ1v) is 4.66. The molecule has 72 valence electrons. The highest BCUT2D eigenvalue weighted by Crippen LogP contribution is 2.63. The van der Waals surface area contributed by atoms with Crippen molar-refractivity contribution in [2.24, 2.45) is 5.41 Å². The largest absolute Gasteiger partial charge is 0.469 e. The average molecular weight is 247 g/mol. The minimum absolute atomic E-state index is 0.166. The van der Waals surface area contributed by atoms with Gasteiger partial charge in [0.05, 0.1) is 12.5 Å². The molecule has 4 heteroatoms. The Labute approximate surface area is 85.3 Å². The highest BCUT2D eigenvalue weighted by molar-refractivity contribution is 9.10. The molecule has 1 aliphatic carbocycles. The van der Waals surface area contributed by atoms with E-state index in [4.69, 9.17) is 0 Å². The second-order valence-corrected chi connectivity index (χ2v) is 4.72. The molecule has 13 heavy (non-hydrogen) atoms. The van der Waals surface area contributed by atoms with Gasteiger partial charge >= 0.3 is 5.97 Å². The molecule has 0 heterocycles. The van der Waals surface area contributed by atoms with Gasteiger partial charge in [-0.2, -0.15) is 0 Å². The molecule has 0 bridgehead atoms. The summed E-state index contributed by atoms with van der Waals surface area (Å²) in [5.41, 5.74) is -0.729. The van der Waals surface area contributed by atoms with E-state index < -0.39 is 9.74 Å². The highest BCUT2D eigenvalue weighted by Gasteiger charge is 2.72. The Morgan fingerprint density at radius 1 is 1.62 bits per heavy atom. The Balaban J connectivity index is 2.87. The molecular weight excluding hydrogens is 236 g/mol. The summed E-state index contributed by atoms with van der Waals surface area (Å²) >= 11 is 3.26. The zero-order chi connectivity index (χ0) is 10.3. The van der Waals surface area contributed by atoms with Crippen LogP contribution in [-0.4, -0.2) is 23.2 Å². The Kier molecular flexibility index (Phi) is 2.36. The number of rotatable bonds is 3. The smallest absolute Gasteiger partial charge is 0.313 e. The van der Waals surface area contributed by atoms with E-state index in [0.29, 0.717) is 6.42 Å². The van der Waals surface area contributed by atoms with Crippen LogP contribution in [0, 0.1) is 5.41 Å². The van der Waals surface area contributed by atoms with E-state index in [1.165, 1.54) is 13.2 Å². The first kappa shape index (κ1) is 10.4. The summed E-state index contributed by atoms with van der Waals surface area (Å²) < 4.78 is 3.83. The van der Waals surface area contributed by atoms with Gasteiger partial charge in [-0.05, 0) is 19.4 Å². The predicted octanol–water partition coefficient (Wildman–Crippen LogP) is 1.46. The maximum absolute atomic E-state index is 11.4. The molecule has 0 aromatic carbocycles. The third-order valence-corrected chi connectivity index (χ3v) is 4.10. The molecule has 2 atom stereocenters. The van der Waals surface area contributed by atoms with Gasteiger partial charge in [0.15, 0.2) is 5.78 Å². The van der Waals surface area contributed by atoms with Crippen molar-refractivity contribution < 1.29 is 14.3 Å². The number of halogens is 1. The lowest BCUT2D eigenvalue weighted by Gasteiger charge is -2.11. The fraction of sp³-hybridized carbons (Fsp3) is 0.556. The molecule has 0 spiro atoms. The minimum Gasteiger partial charge on any atom is -0.469 e. The van der Waals surface area contributed by atoms with Crippen LogP contribution in [0.2, 0.25) is 0 Å². The van der Waals surface area contributed by atoms with Crippen LogP contribution < -0.4 is 0 Å². The van der Waals surface area contributed by atoms with Gasteiger partial charge in [0.25, 0.3) is 0 Å². The topological polar surface area (TPSA) is 43.4 Å². The lowest BCUT2D eigenvalue weighted by Crippen LogP contribution is -2.27. The van der Waals surface area contributed by atoms with Gasteiger partial charge in [0.2, 0.25) is 0 Å². The molecule has 0 N–H and O–H groups in total. The monoisotopic (exact) mass is 246 g/mol. The first-order valence-electron chi connectivity index (χ1n) is 3.86. The van der Waals surface area contributed by atoms with Crippen molar-refractivity contribution in [3.8, 4) is 0 Å². The molecule has 0 aromatic heterocycles. The fourth-order valence-corrected chi connectivity index (χ4v) is 2.31. The lowest BCUT2D eigenvalue weighted by molar-refractivity contribution is -0.147. The Bertz CT molecular complexity index is 287. The number of ketones is 1. The van der Waals surface area contributed by atoms with Crippen LogP contribution in [-0.2, 0) is 14.3 Å². The molecule has 0 amide bonds. The van der Waals surface area contributed by atoms with Crippen LogP contribution in [0.3, 0.4) is 0 Å². The number of hydrogen-bond acceptors (Lipinski definition) is 3. The zero-order valence-corrected chi connectivity index (χ0v) is 9.18. The van der Waals surface area contributed by atoms with E-state index in [1.54, 1.807) is 6.92 Å². The van der Waals surface area contributed by atoms with E-state index >= 15 is 0 Å². The van der Waals surface area contributed by atoms with Crippen LogP contribution in [0.4, 0.5) is 0 Å². The summed E-state index contributed by atoms with van der Waals surface area (Å²) in [6.07, 6.45) is 1.69. The fourth-order valence-electron chi connectivity index (χ4n) is 1.42. The zero-order valence-electron chi connectivity index (χ0n) is 7.59. The van der Waals surface area contributed by atoms with Crippen LogP contribution in [0.1, 0.15) is 13.3 Å². The van der Waals surface area contributed by atoms with E-state index in [0.717, 1.165) is 0 Å². The molecule has 0 aromatic rings. The van der Waals surface area contributed by atoms with Crippen molar-refractivity contribution in [1.82, 2.24) is 0 Å². The normalized spacial score (nSPS) is 36.5. The molecule has 1 rings (SSSR count). The number of alkyl halides is 1. The van der Waals surface area contributed by atoms with Gasteiger partial charge < -0.3 is 4.74 Å². The van der Waals surface area contributed by atoms with Crippen molar-refractivity contribution in [3.63, 3.8) is 0 Å². The van der Waals surface area contributed by atoms with Crippen LogP contribution >= 0.6 is 15.9 Å². The maximum Gasteiger partial charge on any atom is 0.313 e. The van der Waals surface area contributed by atoms with Gasteiger partial charge in [-0.1, -0.05) is 22.5 Å². The second-order valence-electron chi connectivity index (χ2n) is 3.37. The first-order chi connectivity index (χ1) is 5.92. The molecule has 1 saturated carbocycles. The molecular formula is C9H11BrO3. The molecule has 1 aliphatic rings. The summed E-state index contributed by atoms with van der Waals surface area (Å²) in [5, 5.41) is 0. The third-order valence-electron chi connectivity index (χ3n) is 2.56. The van der Waals surface area contributed by atoms with Crippen LogP contribution in [0.25, 0.3) is 0 Å². The van der Waals surface area contributed by atoms with E-state index in [-0.39, 0.29) is 11.8 Å². The summed E-state index contributed by atoms with van der Waals surface area (Å²) in [4.78, 5) is 22.7. The van der Waals surface area contributed by atoms with Crippen molar-refractivity contribution in [2.75, 3.05) is 7.11 Å². The number of hydrogen-bond donors (Lipinski definition) is 0. The number of carbonyl (C=O) groups excluding carboxylic acids is 2.